The quantitative estimate of drug-likeness (QED) is 0.648. The second-order valence-corrected chi connectivity index (χ2v) is 4.42. The summed E-state index contributed by atoms with van der Waals surface area (Å²) in [6.45, 7) is 6.43. The Morgan fingerprint density at radius 3 is 2.89 bits per heavy atom. The van der Waals surface area contributed by atoms with Gasteiger partial charge in [0.15, 0.2) is 11.5 Å². The van der Waals surface area contributed by atoms with Crippen LogP contribution in [0.5, 0.6) is 0 Å². The summed E-state index contributed by atoms with van der Waals surface area (Å²) in [5, 5.41) is 0.958. The second-order valence-electron chi connectivity index (χ2n) is 4.42. The molecule has 18 heavy (non-hydrogen) atoms. The Morgan fingerprint density at radius 2 is 2.22 bits per heavy atom. The van der Waals surface area contributed by atoms with Crippen LogP contribution < -0.4 is 0 Å². The summed E-state index contributed by atoms with van der Waals surface area (Å²) in [6, 6.07) is 5.62. The molecule has 0 saturated heterocycles. The predicted molar refractivity (Wildman–Crippen MR) is 69.9 cm³/mol. The minimum atomic E-state index is -0.0568. The Bertz CT molecular complexity index is 765. The lowest BCUT2D eigenvalue weighted by Crippen LogP contribution is -1.96. The summed E-state index contributed by atoms with van der Waals surface area (Å²) in [4.78, 5) is 15.9. The van der Waals surface area contributed by atoms with E-state index in [1.807, 2.05) is 25.1 Å². The first-order valence-corrected chi connectivity index (χ1v) is 6.02. The van der Waals surface area contributed by atoms with E-state index in [0.29, 0.717) is 5.76 Å². The highest BCUT2D eigenvalue weighted by molar-refractivity contribution is 6.06. The van der Waals surface area contributed by atoms with Crippen LogP contribution in [0.25, 0.3) is 22.0 Å². The first-order valence-electron chi connectivity index (χ1n) is 6.02. The summed E-state index contributed by atoms with van der Waals surface area (Å²) in [5.74, 6) is 1.32. The molecule has 0 aliphatic rings. The van der Waals surface area contributed by atoms with Crippen molar-refractivity contribution in [2.24, 2.45) is 0 Å². The van der Waals surface area contributed by atoms with Crippen LogP contribution in [0.1, 0.15) is 30.2 Å². The Hall–Kier alpha value is -2.10. The molecule has 4 nitrogen and oxygen atoms in total. The third kappa shape index (κ3) is 1.38. The largest absolute Gasteiger partial charge is 0.453 e. The predicted octanol–water partition coefficient (Wildman–Crippen LogP) is 3.31. The zero-order valence-corrected chi connectivity index (χ0v) is 10.7. The van der Waals surface area contributed by atoms with Crippen molar-refractivity contribution in [2.45, 2.75) is 27.3 Å². The van der Waals surface area contributed by atoms with Gasteiger partial charge in [-0.1, -0.05) is 0 Å². The van der Waals surface area contributed by atoms with Crippen LogP contribution in [-0.4, -0.2) is 15.3 Å². The summed E-state index contributed by atoms with van der Waals surface area (Å²) in [7, 11) is 0. The number of aryl methyl sites for hydroxylation is 2. The number of rotatable bonds is 2. The molecule has 2 heterocycles. The third-order valence-electron chi connectivity index (χ3n) is 3.26. The first kappa shape index (κ1) is 11.0. The Kier molecular flexibility index (Phi) is 2.26. The van der Waals surface area contributed by atoms with Crippen LogP contribution in [0.4, 0.5) is 0 Å². The molecule has 0 aliphatic carbocycles. The summed E-state index contributed by atoms with van der Waals surface area (Å²) < 4.78 is 7.69. The molecule has 0 spiro atoms. The van der Waals surface area contributed by atoms with E-state index in [-0.39, 0.29) is 5.78 Å². The van der Waals surface area contributed by atoms with Crippen molar-refractivity contribution in [1.29, 1.82) is 0 Å². The fourth-order valence-corrected chi connectivity index (χ4v) is 2.42. The SMILES string of the molecule is CCn1c(C)nc2ccc3oc(C(C)=O)cc3c21. The van der Waals surface area contributed by atoms with Crippen LogP contribution in [0, 0.1) is 6.92 Å². The number of Topliss-reactive ketones (excluding diaryl/α,β-unsaturated/α-hetero) is 1. The Labute approximate surface area is 104 Å². The van der Waals surface area contributed by atoms with Gasteiger partial charge < -0.3 is 8.98 Å². The molecule has 3 aromatic rings. The minimum Gasteiger partial charge on any atom is -0.453 e. The topological polar surface area (TPSA) is 48.0 Å². The monoisotopic (exact) mass is 242 g/mol. The zero-order valence-electron chi connectivity index (χ0n) is 10.7. The fourth-order valence-electron chi connectivity index (χ4n) is 2.42. The van der Waals surface area contributed by atoms with Crippen LogP contribution >= 0.6 is 0 Å². The highest BCUT2D eigenvalue weighted by atomic mass is 16.3. The molecule has 0 unspecified atom stereocenters. The number of hydrogen-bond acceptors (Lipinski definition) is 3. The molecule has 4 heteroatoms. The van der Waals surface area contributed by atoms with Gasteiger partial charge in [0.2, 0.25) is 0 Å². The van der Waals surface area contributed by atoms with Gasteiger partial charge in [0.25, 0.3) is 0 Å². The van der Waals surface area contributed by atoms with E-state index < -0.39 is 0 Å². The number of imidazole rings is 1. The number of furan rings is 1. The van der Waals surface area contributed by atoms with E-state index >= 15 is 0 Å². The van der Waals surface area contributed by atoms with Crippen molar-refractivity contribution in [3.05, 3.63) is 29.8 Å². The van der Waals surface area contributed by atoms with Crippen molar-refractivity contribution >= 4 is 27.8 Å². The lowest BCUT2D eigenvalue weighted by molar-refractivity contribution is 0.0989. The summed E-state index contributed by atoms with van der Waals surface area (Å²) in [6.07, 6.45) is 0. The zero-order chi connectivity index (χ0) is 12.9. The number of hydrogen-bond donors (Lipinski definition) is 0. The molecule has 2 aromatic heterocycles. The maximum Gasteiger partial charge on any atom is 0.194 e. The molecule has 0 radical (unpaired) electrons. The Morgan fingerprint density at radius 1 is 1.44 bits per heavy atom. The molecule has 1 aromatic carbocycles. The van der Waals surface area contributed by atoms with Gasteiger partial charge in [-0.3, -0.25) is 4.79 Å². The minimum absolute atomic E-state index is 0.0568. The molecular weight excluding hydrogens is 228 g/mol. The van der Waals surface area contributed by atoms with E-state index in [2.05, 4.69) is 16.5 Å². The van der Waals surface area contributed by atoms with Gasteiger partial charge in [-0.25, -0.2) is 4.98 Å². The van der Waals surface area contributed by atoms with Crippen LogP contribution in [0.2, 0.25) is 0 Å². The van der Waals surface area contributed by atoms with E-state index in [9.17, 15) is 4.79 Å². The highest BCUT2D eigenvalue weighted by Gasteiger charge is 2.14. The second kappa shape index (κ2) is 3.70. The van der Waals surface area contributed by atoms with Crippen LogP contribution in [0.3, 0.4) is 0 Å². The number of fused-ring (bicyclic) bond motifs is 3. The molecule has 0 N–H and O–H groups in total. The van der Waals surface area contributed by atoms with Crippen molar-refractivity contribution in [3.8, 4) is 0 Å². The van der Waals surface area contributed by atoms with Crippen LogP contribution in [-0.2, 0) is 6.54 Å². The fraction of sp³-hybridized carbons (Fsp3) is 0.286. The van der Waals surface area contributed by atoms with Crippen molar-refractivity contribution in [3.63, 3.8) is 0 Å². The van der Waals surface area contributed by atoms with Crippen molar-refractivity contribution in [2.75, 3.05) is 0 Å². The van der Waals surface area contributed by atoms with Crippen molar-refractivity contribution in [1.82, 2.24) is 9.55 Å². The first-order chi connectivity index (χ1) is 8.61. The lowest BCUT2D eigenvalue weighted by Gasteiger charge is -2.01. The molecule has 0 saturated carbocycles. The van der Waals surface area contributed by atoms with Gasteiger partial charge in [0, 0.05) is 18.9 Å². The van der Waals surface area contributed by atoms with Gasteiger partial charge in [0.05, 0.1) is 11.0 Å². The van der Waals surface area contributed by atoms with Gasteiger partial charge in [-0.15, -0.1) is 0 Å². The molecule has 0 fully saturated rings. The van der Waals surface area contributed by atoms with Gasteiger partial charge >= 0.3 is 0 Å². The average Bonchev–Trinajstić information content (AvgIpc) is 2.87. The standard InChI is InChI=1S/C14H14N2O2/c1-4-16-9(3)15-11-5-6-12-10(14(11)16)7-13(18-12)8(2)17/h5-7H,4H2,1-3H3. The number of carbonyl (C=O) groups excluding carboxylic acids is 1. The molecule has 0 bridgehead atoms. The van der Waals surface area contributed by atoms with Gasteiger partial charge in [-0.05, 0) is 32.0 Å². The number of nitrogens with zero attached hydrogens (tertiary/aromatic N) is 2. The molecule has 0 atom stereocenters. The maximum atomic E-state index is 11.4. The molecule has 92 valence electrons. The maximum absolute atomic E-state index is 11.4. The molecule has 0 amide bonds. The molecule has 3 rings (SSSR count). The van der Waals surface area contributed by atoms with Gasteiger partial charge in [0.1, 0.15) is 11.4 Å². The van der Waals surface area contributed by atoms with E-state index in [4.69, 9.17) is 4.42 Å². The normalized spacial score (nSPS) is 11.5. The Balaban J connectivity index is 2.47. The van der Waals surface area contributed by atoms with Crippen LogP contribution in [0.15, 0.2) is 22.6 Å². The number of aromatic nitrogens is 2. The highest BCUT2D eigenvalue weighted by Crippen LogP contribution is 2.29. The van der Waals surface area contributed by atoms with Gasteiger partial charge in [-0.2, -0.15) is 0 Å². The number of ketones is 1. The third-order valence-corrected chi connectivity index (χ3v) is 3.26. The smallest absolute Gasteiger partial charge is 0.194 e. The van der Waals surface area contributed by atoms with Crippen molar-refractivity contribution < 1.29 is 9.21 Å². The van der Waals surface area contributed by atoms with E-state index in [1.165, 1.54) is 6.92 Å². The summed E-state index contributed by atoms with van der Waals surface area (Å²) in [5.41, 5.74) is 2.73. The molecular formula is C14H14N2O2. The molecule has 0 aliphatic heterocycles. The number of benzene rings is 1. The van der Waals surface area contributed by atoms with E-state index in [1.54, 1.807) is 0 Å². The average molecular weight is 242 g/mol. The van der Waals surface area contributed by atoms with E-state index in [0.717, 1.165) is 34.4 Å². The number of carbonyl (C=O) groups is 1. The lowest BCUT2D eigenvalue weighted by atomic mass is 10.2. The summed E-state index contributed by atoms with van der Waals surface area (Å²) >= 11 is 0.